The molecule has 0 spiro atoms. The molecular formula is C11H12N2O2. The predicted molar refractivity (Wildman–Crippen MR) is 53.3 cm³/mol. The van der Waals surface area contributed by atoms with Crippen molar-refractivity contribution < 1.29 is 9.47 Å². The average molecular weight is 204 g/mol. The molecule has 0 aliphatic carbocycles. The van der Waals surface area contributed by atoms with Gasteiger partial charge in [0, 0.05) is 12.2 Å². The van der Waals surface area contributed by atoms with E-state index in [2.05, 4.69) is 0 Å². The smallest absolute Gasteiger partial charge is 0.164 e. The fourth-order valence-electron chi connectivity index (χ4n) is 1.39. The van der Waals surface area contributed by atoms with Gasteiger partial charge in [-0.05, 0) is 26.0 Å². The Morgan fingerprint density at radius 2 is 1.40 bits per heavy atom. The molecule has 2 atom stereocenters. The summed E-state index contributed by atoms with van der Waals surface area (Å²) in [6, 6.07) is 3.79. The third kappa shape index (κ3) is 3.21. The van der Waals surface area contributed by atoms with E-state index in [-0.39, 0.29) is 12.2 Å². The van der Waals surface area contributed by atoms with Crippen LogP contribution >= 0.6 is 0 Å². The van der Waals surface area contributed by atoms with E-state index in [1.807, 2.05) is 12.1 Å². The highest BCUT2D eigenvalue weighted by molar-refractivity contribution is 5.14. The molecule has 1 heterocycles. The normalized spacial score (nSPS) is 29.3. The van der Waals surface area contributed by atoms with Crippen molar-refractivity contribution in [3.8, 4) is 12.1 Å². The second-order valence-corrected chi connectivity index (χ2v) is 3.54. The molecule has 0 aromatic carbocycles. The number of nitriles is 2. The quantitative estimate of drug-likeness (QED) is 0.641. The Morgan fingerprint density at radius 1 is 1.00 bits per heavy atom. The number of hydrogen-bond acceptors (Lipinski definition) is 4. The molecule has 1 aliphatic heterocycles. The third-order valence-corrected chi connectivity index (χ3v) is 1.88. The Labute approximate surface area is 89.0 Å². The standard InChI is InChI=1S/C11H12N2O2/c1-11(2)14-9(5-3-7-12)10(15-11)6-4-8-13/h3-6,9-10H,1-2H3/b5-3-,6-4-/t9-,10-/m0/s1. The van der Waals surface area contributed by atoms with Crippen LogP contribution in [0.25, 0.3) is 0 Å². The van der Waals surface area contributed by atoms with E-state index in [1.165, 1.54) is 12.2 Å². The monoisotopic (exact) mass is 204 g/mol. The molecule has 1 fully saturated rings. The molecule has 1 saturated heterocycles. The second kappa shape index (κ2) is 4.75. The van der Waals surface area contributed by atoms with Crippen LogP contribution in [0.15, 0.2) is 24.3 Å². The van der Waals surface area contributed by atoms with Gasteiger partial charge in [-0.3, -0.25) is 0 Å². The minimum Gasteiger partial charge on any atom is -0.340 e. The molecule has 1 rings (SSSR count). The van der Waals surface area contributed by atoms with Crippen LogP contribution < -0.4 is 0 Å². The van der Waals surface area contributed by atoms with Crippen molar-refractivity contribution in [2.75, 3.05) is 0 Å². The van der Waals surface area contributed by atoms with Crippen molar-refractivity contribution in [1.82, 2.24) is 0 Å². The summed E-state index contributed by atoms with van der Waals surface area (Å²) >= 11 is 0. The Balaban J connectivity index is 2.76. The highest BCUT2D eigenvalue weighted by atomic mass is 16.7. The molecule has 0 aromatic heterocycles. The Kier molecular flexibility index (Phi) is 3.62. The van der Waals surface area contributed by atoms with Crippen LogP contribution in [0.1, 0.15) is 13.8 Å². The number of nitrogens with zero attached hydrogens (tertiary/aromatic N) is 2. The molecule has 0 aromatic rings. The molecule has 0 amide bonds. The SMILES string of the molecule is CC1(C)O[C@@H](/C=C\C#N)[C@H](/C=C\C#N)O1. The molecular weight excluding hydrogens is 192 g/mol. The summed E-state index contributed by atoms with van der Waals surface area (Å²) < 4.78 is 11.1. The molecule has 0 radical (unpaired) electrons. The zero-order chi connectivity index (χ0) is 11.3. The lowest BCUT2D eigenvalue weighted by atomic mass is 10.2. The number of hydrogen-bond donors (Lipinski definition) is 0. The Hall–Kier alpha value is -1.62. The minimum atomic E-state index is -0.686. The van der Waals surface area contributed by atoms with Gasteiger partial charge in [0.05, 0.1) is 12.1 Å². The molecule has 0 bridgehead atoms. The first-order chi connectivity index (χ1) is 7.09. The van der Waals surface area contributed by atoms with Gasteiger partial charge in [0.25, 0.3) is 0 Å². The van der Waals surface area contributed by atoms with Gasteiger partial charge in [0.15, 0.2) is 5.79 Å². The van der Waals surface area contributed by atoms with Gasteiger partial charge in [-0.25, -0.2) is 0 Å². The summed E-state index contributed by atoms with van der Waals surface area (Å²) in [5.74, 6) is -0.686. The van der Waals surface area contributed by atoms with E-state index in [9.17, 15) is 0 Å². The van der Waals surface area contributed by atoms with Gasteiger partial charge in [0.1, 0.15) is 12.2 Å². The third-order valence-electron chi connectivity index (χ3n) is 1.88. The number of rotatable bonds is 2. The summed E-state index contributed by atoms with van der Waals surface area (Å²) in [5, 5.41) is 16.8. The lowest BCUT2D eigenvalue weighted by Gasteiger charge is -2.15. The average Bonchev–Trinajstić information content (AvgIpc) is 2.47. The van der Waals surface area contributed by atoms with Crippen LogP contribution in [-0.4, -0.2) is 18.0 Å². The summed E-state index contributed by atoms with van der Waals surface area (Å²) in [4.78, 5) is 0. The summed E-state index contributed by atoms with van der Waals surface area (Å²) in [6.45, 7) is 3.58. The fraction of sp³-hybridized carbons (Fsp3) is 0.455. The highest BCUT2D eigenvalue weighted by Gasteiger charge is 2.38. The van der Waals surface area contributed by atoms with Crippen LogP contribution in [-0.2, 0) is 9.47 Å². The predicted octanol–water partition coefficient (Wildman–Crippen LogP) is 1.67. The lowest BCUT2D eigenvalue weighted by molar-refractivity contribution is -0.138. The van der Waals surface area contributed by atoms with Crippen LogP contribution in [0.4, 0.5) is 0 Å². The molecule has 4 heteroatoms. The molecule has 78 valence electrons. The van der Waals surface area contributed by atoms with E-state index >= 15 is 0 Å². The lowest BCUT2D eigenvalue weighted by Crippen LogP contribution is -2.20. The van der Waals surface area contributed by atoms with E-state index in [4.69, 9.17) is 20.0 Å². The van der Waals surface area contributed by atoms with Crippen LogP contribution in [0.3, 0.4) is 0 Å². The van der Waals surface area contributed by atoms with E-state index in [1.54, 1.807) is 26.0 Å². The van der Waals surface area contributed by atoms with E-state index in [0.717, 1.165) is 0 Å². The van der Waals surface area contributed by atoms with Gasteiger partial charge in [-0.15, -0.1) is 0 Å². The van der Waals surface area contributed by atoms with Crippen molar-refractivity contribution in [3.63, 3.8) is 0 Å². The first-order valence-corrected chi connectivity index (χ1v) is 4.57. The Morgan fingerprint density at radius 3 is 1.73 bits per heavy atom. The van der Waals surface area contributed by atoms with Crippen molar-refractivity contribution >= 4 is 0 Å². The minimum absolute atomic E-state index is 0.316. The highest BCUT2D eigenvalue weighted by Crippen LogP contribution is 2.29. The van der Waals surface area contributed by atoms with E-state index in [0.29, 0.717) is 0 Å². The topological polar surface area (TPSA) is 66.0 Å². The summed E-state index contributed by atoms with van der Waals surface area (Å²) in [6.07, 6.45) is 5.32. The maximum absolute atomic E-state index is 8.42. The van der Waals surface area contributed by atoms with Crippen LogP contribution in [0.5, 0.6) is 0 Å². The molecule has 4 nitrogen and oxygen atoms in total. The van der Waals surface area contributed by atoms with Crippen molar-refractivity contribution in [1.29, 1.82) is 10.5 Å². The van der Waals surface area contributed by atoms with Crippen molar-refractivity contribution in [2.45, 2.75) is 31.8 Å². The first kappa shape index (κ1) is 11.5. The van der Waals surface area contributed by atoms with Crippen molar-refractivity contribution in [2.24, 2.45) is 0 Å². The molecule has 15 heavy (non-hydrogen) atoms. The molecule has 0 saturated carbocycles. The van der Waals surface area contributed by atoms with Gasteiger partial charge >= 0.3 is 0 Å². The zero-order valence-electron chi connectivity index (χ0n) is 8.68. The van der Waals surface area contributed by atoms with Crippen molar-refractivity contribution in [3.05, 3.63) is 24.3 Å². The largest absolute Gasteiger partial charge is 0.340 e. The number of allylic oxidation sites excluding steroid dienone is 2. The van der Waals surface area contributed by atoms with Gasteiger partial charge < -0.3 is 9.47 Å². The van der Waals surface area contributed by atoms with Crippen LogP contribution in [0, 0.1) is 22.7 Å². The summed E-state index contributed by atoms with van der Waals surface area (Å²) in [5.41, 5.74) is 0. The second-order valence-electron chi connectivity index (χ2n) is 3.54. The zero-order valence-corrected chi connectivity index (χ0v) is 8.68. The first-order valence-electron chi connectivity index (χ1n) is 4.57. The molecule has 1 aliphatic rings. The number of ether oxygens (including phenoxy) is 2. The van der Waals surface area contributed by atoms with Gasteiger partial charge in [-0.2, -0.15) is 10.5 Å². The van der Waals surface area contributed by atoms with Crippen LogP contribution in [0.2, 0.25) is 0 Å². The van der Waals surface area contributed by atoms with Gasteiger partial charge in [0.2, 0.25) is 0 Å². The summed E-state index contributed by atoms with van der Waals surface area (Å²) in [7, 11) is 0. The van der Waals surface area contributed by atoms with E-state index < -0.39 is 5.79 Å². The molecule has 0 unspecified atom stereocenters. The van der Waals surface area contributed by atoms with Gasteiger partial charge in [-0.1, -0.05) is 0 Å². The fourth-order valence-corrected chi connectivity index (χ4v) is 1.39. The molecule has 0 N–H and O–H groups in total. The Bertz CT molecular complexity index is 324. The maximum atomic E-state index is 8.42. The maximum Gasteiger partial charge on any atom is 0.164 e.